The summed E-state index contributed by atoms with van der Waals surface area (Å²) in [6, 6.07) is 23.6. The molecule has 0 aliphatic heterocycles. The van der Waals surface area contributed by atoms with Crippen molar-refractivity contribution in [2.45, 2.75) is 12.6 Å². The maximum absolute atomic E-state index is 12.2. The smallest absolute Gasteiger partial charge is 0.248 e. The summed E-state index contributed by atoms with van der Waals surface area (Å²) in [6.07, 6.45) is 5.54. The van der Waals surface area contributed by atoms with Crippen LogP contribution in [0.5, 0.6) is 0 Å². The molecule has 6 nitrogen and oxygen atoms in total. The number of nitriles is 1. The zero-order valence-electron chi connectivity index (χ0n) is 18.1. The number of halogens is 1. The summed E-state index contributed by atoms with van der Waals surface area (Å²) in [5.74, 6) is -0.270. The molecule has 4 aromatic rings. The average Bonchev–Trinajstić information content (AvgIpc) is 3.31. The predicted octanol–water partition coefficient (Wildman–Crippen LogP) is 5.19. The van der Waals surface area contributed by atoms with Crippen LogP contribution < -0.4 is 5.32 Å². The van der Waals surface area contributed by atoms with Crippen LogP contribution in [0.3, 0.4) is 0 Å². The molecule has 34 heavy (non-hydrogen) atoms. The first-order valence-electron chi connectivity index (χ1n) is 10.5. The summed E-state index contributed by atoms with van der Waals surface area (Å²) in [6.45, 7) is 0.519. The molecular weight excluding hydrogens is 448 g/mol. The lowest BCUT2D eigenvalue weighted by Gasteiger charge is -2.15. The van der Waals surface area contributed by atoms with Gasteiger partial charge in [0.05, 0.1) is 29.9 Å². The van der Waals surface area contributed by atoms with Gasteiger partial charge in [-0.15, -0.1) is 0 Å². The van der Waals surface area contributed by atoms with Gasteiger partial charge in [0.2, 0.25) is 5.91 Å². The summed E-state index contributed by atoms with van der Waals surface area (Å²) in [5.41, 5.74) is 4.36. The fourth-order valence-electron chi connectivity index (χ4n) is 3.46. The van der Waals surface area contributed by atoms with Crippen molar-refractivity contribution in [1.82, 2.24) is 9.55 Å². The Morgan fingerprint density at radius 2 is 1.91 bits per heavy atom. The van der Waals surface area contributed by atoms with E-state index in [0.29, 0.717) is 34.1 Å². The number of rotatable bonds is 7. The number of aliphatic hydroxyl groups excluding tert-OH is 1. The molecule has 168 valence electrons. The van der Waals surface area contributed by atoms with Crippen LogP contribution >= 0.6 is 11.6 Å². The molecule has 1 atom stereocenters. The predicted molar refractivity (Wildman–Crippen MR) is 132 cm³/mol. The molecule has 0 fully saturated rings. The number of imidazole rings is 1. The number of carbonyl (C=O) groups excluding carboxylic acids is 1. The van der Waals surface area contributed by atoms with E-state index in [1.807, 2.05) is 28.8 Å². The van der Waals surface area contributed by atoms with Crippen LogP contribution in [0.15, 0.2) is 91.4 Å². The first-order valence-corrected chi connectivity index (χ1v) is 10.9. The number of hydrogen-bond acceptors (Lipinski definition) is 4. The highest BCUT2D eigenvalue weighted by Crippen LogP contribution is 2.24. The van der Waals surface area contributed by atoms with Gasteiger partial charge < -0.3 is 15.0 Å². The van der Waals surface area contributed by atoms with Crippen molar-refractivity contribution in [2.24, 2.45) is 0 Å². The number of carbonyl (C=O) groups is 1. The van der Waals surface area contributed by atoms with Crippen LogP contribution in [0, 0.1) is 11.3 Å². The highest BCUT2D eigenvalue weighted by Gasteiger charge is 2.16. The number of hydrogen-bond donors (Lipinski definition) is 2. The van der Waals surface area contributed by atoms with Crippen molar-refractivity contribution < 1.29 is 9.90 Å². The van der Waals surface area contributed by atoms with Gasteiger partial charge >= 0.3 is 0 Å². The molecule has 0 aliphatic carbocycles. The minimum Gasteiger partial charge on any atom is -0.382 e. The molecule has 1 aromatic heterocycles. The Morgan fingerprint density at radius 3 is 2.62 bits per heavy atom. The largest absolute Gasteiger partial charge is 0.382 e. The summed E-state index contributed by atoms with van der Waals surface area (Å²) in [7, 11) is 0. The van der Waals surface area contributed by atoms with E-state index in [1.54, 1.807) is 67.1 Å². The second kappa shape index (κ2) is 10.6. The SMILES string of the molecule is N#Cc1ccc(Cn2cncc2C(O)c2ccc(NC(=O)/C=C/c3cccc(Cl)c3)cc2)cc1. The van der Waals surface area contributed by atoms with Gasteiger partial charge in [0.15, 0.2) is 0 Å². The molecule has 0 aliphatic rings. The molecule has 0 bridgehead atoms. The number of aliphatic hydroxyl groups is 1. The number of anilines is 1. The average molecular weight is 469 g/mol. The van der Waals surface area contributed by atoms with Gasteiger partial charge in [-0.3, -0.25) is 4.79 Å². The number of aromatic nitrogens is 2. The lowest BCUT2D eigenvalue weighted by molar-refractivity contribution is -0.111. The number of nitrogens with one attached hydrogen (secondary N) is 1. The van der Waals surface area contributed by atoms with Crippen LogP contribution in [0.4, 0.5) is 5.69 Å². The highest BCUT2D eigenvalue weighted by atomic mass is 35.5. The zero-order chi connectivity index (χ0) is 23.9. The van der Waals surface area contributed by atoms with Crippen molar-refractivity contribution in [3.8, 4) is 6.07 Å². The monoisotopic (exact) mass is 468 g/mol. The molecule has 0 saturated carbocycles. The summed E-state index contributed by atoms with van der Waals surface area (Å²) in [4.78, 5) is 16.4. The van der Waals surface area contributed by atoms with Gasteiger partial charge in [0, 0.05) is 23.3 Å². The molecule has 1 unspecified atom stereocenters. The van der Waals surface area contributed by atoms with Gasteiger partial charge in [-0.05, 0) is 59.2 Å². The van der Waals surface area contributed by atoms with E-state index in [4.69, 9.17) is 16.9 Å². The third-order valence-electron chi connectivity index (χ3n) is 5.23. The quantitative estimate of drug-likeness (QED) is 0.365. The molecule has 2 N–H and O–H groups in total. The summed E-state index contributed by atoms with van der Waals surface area (Å²) in [5, 5.41) is 23.3. The first kappa shape index (κ1) is 23.0. The topological polar surface area (TPSA) is 90.9 Å². The second-order valence-electron chi connectivity index (χ2n) is 7.66. The Balaban J connectivity index is 1.40. The van der Waals surface area contributed by atoms with Crippen LogP contribution in [0.25, 0.3) is 6.08 Å². The Morgan fingerprint density at radius 1 is 1.15 bits per heavy atom. The molecule has 0 radical (unpaired) electrons. The highest BCUT2D eigenvalue weighted by molar-refractivity contribution is 6.30. The molecule has 1 amide bonds. The molecule has 7 heteroatoms. The van der Waals surface area contributed by atoms with Crippen molar-refractivity contribution in [1.29, 1.82) is 5.26 Å². The molecule has 0 saturated heterocycles. The van der Waals surface area contributed by atoms with Gasteiger partial charge in [-0.2, -0.15) is 5.26 Å². The van der Waals surface area contributed by atoms with Crippen molar-refractivity contribution in [3.05, 3.63) is 124 Å². The van der Waals surface area contributed by atoms with Gasteiger partial charge in [-0.25, -0.2) is 4.98 Å². The minimum absolute atomic E-state index is 0.270. The van der Waals surface area contributed by atoms with Crippen LogP contribution in [0.1, 0.15) is 34.1 Å². The van der Waals surface area contributed by atoms with E-state index in [0.717, 1.165) is 11.1 Å². The Hall–Kier alpha value is -4.18. The number of benzene rings is 3. The van der Waals surface area contributed by atoms with Crippen LogP contribution in [0.2, 0.25) is 5.02 Å². The Kier molecular flexibility index (Phi) is 7.19. The number of nitrogens with zero attached hydrogens (tertiary/aromatic N) is 3. The maximum Gasteiger partial charge on any atom is 0.248 e. The first-order chi connectivity index (χ1) is 16.5. The Bertz CT molecular complexity index is 1350. The Labute approximate surface area is 202 Å². The third kappa shape index (κ3) is 5.78. The maximum atomic E-state index is 12.2. The van der Waals surface area contributed by atoms with E-state index >= 15 is 0 Å². The van der Waals surface area contributed by atoms with Crippen molar-refractivity contribution in [2.75, 3.05) is 5.32 Å². The van der Waals surface area contributed by atoms with Crippen LogP contribution in [-0.2, 0) is 11.3 Å². The third-order valence-corrected chi connectivity index (χ3v) is 5.47. The van der Waals surface area contributed by atoms with Gasteiger partial charge in [0.25, 0.3) is 0 Å². The minimum atomic E-state index is -0.881. The number of amides is 1. The fourth-order valence-corrected chi connectivity index (χ4v) is 3.66. The van der Waals surface area contributed by atoms with Crippen LogP contribution in [-0.4, -0.2) is 20.6 Å². The van der Waals surface area contributed by atoms with Crippen molar-refractivity contribution in [3.63, 3.8) is 0 Å². The zero-order valence-corrected chi connectivity index (χ0v) is 18.9. The van der Waals surface area contributed by atoms with Crippen molar-refractivity contribution >= 4 is 29.3 Å². The molecule has 3 aromatic carbocycles. The molecule has 4 rings (SSSR count). The second-order valence-corrected chi connectivity index (χ2v) is 8.09. The van der Waals surface area contributed by atoms with E-state index in [2.05, 4.69) is 16.4 Å². The lowest BCUT2D eigenvalue weighted by atomic mass is 10.1. The van der Waals surface area contributed by atoms with Gasteiger partial charge in [0.1, 0.15) is 6.10 Å². The van der Waals surface area contributed by atoms with E-state index in [9.17, 15) is 9.90 Å². The normalized spacial score (nSPS) is 11.8. The molecule has 1 heterocycles. The lowest BCUT2D eigenvalue weighted by Crippen LogP contribution is -2.10. The van der Waals surface area contributed by atoms with Gasteiger partial charge in [-0.1, -0.05) is 48.0 Å². The molecule has 0 spiro atoms. The van der Waals surface area contributed by atoms with E-state index in [-0.39, 0.29) is 5.91 Å². The standard InChI is InChI=1S/C27H21ClN4O2/c28-23-3-1-2-19(14-23)8-13-26(33)31-24-11-9-22(10-12-24)27(34)25-16-30-18-32(25)17-21-6-4-20(15-29)5-7-21/h1-14,16,18,27,34H,17H2,(H,31,33)/b13-8+. The fraction of sp³-hybridized carbons (Fsp3) is 0.0741. The van der Waals surface area contributed by atoms with E-state index in [1.165, 1.54) is 6.08 Å². The van der Waals surface area contributed by atoms with E-state index < -0.39 is 6.10 Å². The summed E-state index contributed by atoms with van der Waals surface area (Å²) >= 11 is 5.96. The summed E-state index contributed by atoms with van der Waals surface area (Å²) < 4.78 is 1.86. The molecular formula is C27H21ClN4O2.